The van der Waals surface area contributed by atoms with Gasteiger partial charge in [-0.2, -0.15) is 0 Å². The van der Waals surface area contributed by atoms with Crippen LogP contribution in [-0.4, -0.2) is 32.2 Å². The zero-order valence-electron chi connectivity index (χ0n) is 15.4. The van der Waals surface area contributed by atoms with E-state index in [4.69, 9.17) is 14.2 Å². The summed E-state index contributed by atoms with van der Waals surface area (Å²) in [5, 5.41) is 2.73. The molecule has 138 valence electrons. The van der Waals surface area contributed by atoms with Crippen molar-refractivity contribution in [3.05, 3.63) is 53.6 Å². The molecule has 0 aromatic heterocycles. The first kappa shape index (κ1) is 19.3. The third-order valence-electron chi connectivity index (χ3n) is 3.87. The van der Waals surface area contributed by atoms with Gasteiger partial charge in [-0.1, -0.05) is 19.1 Å². The van der Waals surface area contributed by atoms with Crippen molar-refractivity contribution in [2.75, 3.05) is 19.5 Å². The average molecular weight is 357 g/mol. The van der Waals surface area contributed by atoms with Crippen LogP contribution in [0.25, 0.3) is 0 Å². The fourth-order valence-corrected chi connectivity index (χ4v) is 2.28. The number of hydrogen-bond donors (Lipinski definition) is 1. The highest BCUT2D eigenvalue weighted by Crippen LogP contribution is 2.23. The van der Waals surface area contributed by atoms with Crippen LogP contribution in [0.5, 0.6) is 11.5 Å². The first-order valence-corrected chi connectivity index (χ1v) is 8.30. The van der Waals surface area contributed by atoms with Crippen LogP contribution in [0.1, 0.15) is 29.8 Å². The summed E-state index contributed by atoms with van der Waals surface area (Å²) in [6.45, 7) is 3.58. The van der Waals surface area contributed by atoms with Gasteiger partial charge in [0.15, 0.2) is 6.10 Å². The Kier molecular flexibility index (Phi) is 6.60. The van der Waals surface area contributed by atoms with Gasteiger partial charge >= 0.3 is 5.97 Å². The van der Waals surface area contributed by atoms with Gasteiger partial charge < -0.3 is 19.5 Å². The van der Waals surface area contributed by atoms with Crippen molar-refractivity contribution in [1.82, 2.24) is 0 Å². The Labute approximate surface area is 153 Å². The van der Waals surface area contributed by atoms with E-state index in [0.29, 0.717) is 17.2 Å². The topological polar surface area (TPSA) is 73.9 Å². The number of carbonyl (C=O) groups excluding carboxylic acids is 2. The third-order valence-corrected chi connectivity index (χ3v) is 3.87. The molecule has 0 aliphatic rings. The first-order valence-electron chi connectivity index (χ1n) is 8.30. The molecule has 26 heavy (non-hydrogen) atoms. The molecular formula is C20H23NO5. The number of methoxy groups -OCH3 is 2. The number of anilines is 1. The van der Waals surface area contributed by atoms with Gasteiger partial charge in [0.2, 0.25) is 0 Å². The predicted octanol–water partition coefficient (Wildman–Crippen LogP) is 3.45. The molecule has 1 unspecified atom stereocenters. The van der Waals surface area contributed by atoms with E-state index in [1.807, 2.05) is 24.3 Å². The fourth-order valence-electron chi connectivity index (χ4n) is 2.28. The standard InChI is InChI=1S/C20H23NO5/c1-5-14-6-8-16(9-7-14)21-19(22)13(2)26-20(23)15-10-17(24-3)12-18(11-15)25-4/h6-13H,5H2,1-4H3,(H,21,22). The Balaban J connectivity index is 2.02. The number of hydrogen-bond acceptors (Lipinski definition) is 5. The fraction of sp³-hybridized carbons (Fsp3) is 0.300. The number of esters is 1. The Hall–Kier alpha value is -3.02. The maximum atomic E-state index is 12.3. The Bertz CT molecular complexity index is 748. The summed E-state index contributed by atoms with van der Waals surface area (Å²) < 4.78 is 15.5. The summed E-state index contributed by atoms with van der Waals surface area (Å²) in [6.07, 6.45) is -0.0303. The maximum Gasteiger partial charge on any atom is 0.339 e. The van der Waals surface area contributed by atoms with Crippen LogP contribution in [0.4, 0.5) is 5.69 Å². The van der Waals surface area contributed by atoms with Gasteiger partial charge in [-0.25, -0.2) is 4.79 Å². The van der Waals surface area contributed by atoms with Crippen LogP contribution in [0.3, 0.4) is 0 Å². The Morgan fingerprint density at radius 1 is 1.00 bits per heavy atom. The van der Waals surface area contributed by atoms with Gasteiger partial charge in [-0.05, 0) is 43.2 Å². The number of benzene rings is 2. The van der Waals surface area contributed by atoms with E-state index in [9.17, 15) is 9.59 Å². The average Bonchev–Trinajstić information content (AvgIpc) is 2.67. The zero-order valence-corrected chi connectivity index (χ0v) is 15.4. The molecule has 0 radical (unpaired) electrons. The summed E-state index contributed by atoms with van der Waals surface area (Å²) in [6, 6.07) is 12.2. The molecular weight excluding hydrogens is 334 g/mol. The van der Waals surface area contributed by atoms with Crippen LogP contribution in [0, 0.1) is 0 Å². The first-order chi connectivity index (χ1) is 12.5. The molecule has 0 saturated carbocycles. The second-order valence-corrected chi connectivity index (χ2v) is 5.69. The monoisotopic (exact) mass is 357 g/mol. The lowest BCUT2D eigenvalue weighted by atomic mass is 10.1. The van der Waals surface area contributed by atoms with Crippen molar-refractivity contribution >= 4 is 17.6 Å². The summed E-state index contributed by atoms with van der Waals surface area (Å²) in [5.74, 6) is -0.113. The van der Waals surface area contributed by atoms with Crippen LogP contribution < -0.4 is 14.8 Å². The molecule has 0 saturated heterocycles. The molecule has 1 N–H and O–H groups in total. The lowest BCUT2D eigenvalue weighted by Gasteiger charge is -2.14. The third kappa shape index (κ3) is 4.99. The van der Waals surface area contributed by atoms with Crippen LogP contribution in [0.15, 0.2) is 42.5 Å². The lowest BCUT2D eigenvalue weighted by molar-refractivity contribution is -0.123. The molecule has 2 aromatic carbocycles. The van der Waals surface area contributed by atoms with E-state index in [1.54, 1.807) is 6.07 Å². The van der Waals surface area contributed by atoms with Crippen molar-refractivity contribution in [3.8, 4) is 11.5 Å². The second kappa shape index (κ2) is 8.89. The van der Waals surface area contributed by atoms with E-state index >= 15 is 0 Å². The molecule has 6 heteroatoms. The second-order valence-electron chi connectivity index (χ2n) is 5.69. The summed E-state index contributed by atoms with van der Waals surface area (Å²) in [7, 11) is 2.98. The van der Waals surface area contributed by atoms with Crippen molar-refractivity contribution in [3.63, 3.8) is 0 Å². The molecule has 6 nitrogen and oxygen atoms in total. The molecule has 1 amide bonds. The van der Waals surface area contributed by atoms with Crippen molar-refractivity contribution < 1.29 is 23.8 Å². The molecule has 0 aliphatic carbocycles. The van der Waals surface area contributed by atoms with Crippen molar-refractivity contribution in [1.29, 1.82) is 0 Å². The molecule has 2 aromatic rings. The highest BCUT2D eigenvalue weighted by atomic mass is 16.5. The largest absolute Gasteiger partial charge is 0.497 e. The minimum Gasteiger partial charge on any atom is -0.497 e. The maximum absolute atomic E-state index is 12.3. The number of rotatable bonds is 7. The minimum atomic E-state index is -0.953. The van der Waals surface area contributed by atoms with Gasteiger partial charge in [-0.3, -0.25) is 4.79 Å². The van der Waals surface area contributed by atoms with Crippen LogP contribution in [0.2, 0.25) is 0 Å². The molecule has 0 aliphatic heterocycles. The summed E-state index contributed by atoms with van der Waals surface area (Å²) >= 11 is 0. The Morgan fingerprint density at radius 2 is 1.58 bits per heavy atom. The lowest BCUT2D eigenvalue weighted by Crippen LogP contribution is -2.30. The number of aryl methyl sites for hydroxylation is 1. The molecule has 0 fully saturated rings. The van der Waals surface area contributed by atoms with Crippen LogP contribution in [-0.2, 0) is 16.0 Å². The molecule has 0 bridgehead atoms. The van der Waals surface area contributed by atoms with Gasteiger partial charge in [0, 0.05) is 11.8 Å². The normalized spacial score (nSPS) is 11.4. The zero-order chi connectivity index (χ0) is 19.1. The molecule has 2 rings (SSSR count). The number of amides is 1. The quantitative estimate of drug-likeness (QED) is 0.768. The van der Waals surface area contributed by atoms with E-state index in [2.05, 4.69) is 12.2 Å². The summed E-state index contributed by atoms with van der Waals surface area (Å²) in [4.78, 5) is 24.6. The molecule has 1 atom stereocenters. The Morgan fingerprint density at radius 3 is 2.08 bits per heavy atom. The van der Waals surface area contributed by atoms with E-state index < -0.39 is 18.0 Å². The number of carbonyl (C=O) groups is 2. The van der Waals surface area contributed by atoms with Crippen LogP contribution >= 0.6 is 0 Å². The van der Waals surface area contributed by atoms with Gasteiger partial charge in [-0.15, -0.1) is 0 Å². The molecule has 0 spiro atoms. The van der Waals surface area contributed by atoms with Gasteiger partial charge in [0.25, 0.3) is 5.91 Å². The van der Waals surface area contributed by atoms with Crippen molar-refractivity contribution in [2.24, 2.45) is 0 Å². The van der Waals surface area contributed by atoms with E-state index in [-0.39, 0.29) is 5.56 Å². The van der Waals surface area contributed by atoms with Crippen molar-refractivity contribution in [2.45, 2.75) is 26.4 Å². The van der Waals surface area contributed by atoms with Gasteiger partial charge in [0.05, 0.1) is 19.8 Å². The molecule has 0 heterocycles. The van der Waals surface area contributed by atoms with Gasteiger partial charge in [0.1, 0.15) is 11.5 Å². The number of nitrogens with one attached hydrogen (secondary N) is 1. The predicted molar refractivity (Wildman–Crippen MR) is 98.9 cm³/mol. The smallest absolute Gasteiger partial charge is 0.339 e. The van der Waals surface area contributed by atoms with E-state index in [0.717, 1.165) is 6.42 Å². The highest BCUT2D eigenvalue weighted by Gasteiger charge is 2.20. The minimum absolute atomic E-state index is 0.244. The van der Waals surface area contributed by atoms with E-state index in [1.165, 1.54) is 38.8 Å². The number of ether oxygens (including phenoxy) is 3. The highest BCUT2D eigenvalue weighted by molar-refractivity contribution is 5.97. The SMILES string of the molecule is CCc1ccc(NC(=O)C(C)OC(=O)c2cc(OC)cc(OC)c2)cc1. The summed E-state index contributed by atoms with van der Waals surface area (Å²) in [5.41, 5.74) is 2.07.